The summed E-state index contributed by atoms with van der Waals surface area (Å²) in [7, 11) is -3.93. The van der Waals surface area contributed by atoms with E-state index in [-0.39, 0.29) is 24.9 Å². The SMILES string of the molecule is CC(C)COc1ccc(C#Cc2ccc(N3CCN(S(=O)(=O)NC(C(=O)O)C(C)C)CC3)cc2)cc1C(=O)NCc1cccs1. The number of hydrogen-bond acceptors (Lipinski definition) is 7. The van der Waals surface area contributed by atoms with E-state index in [9.17, 15) is 23.1 Å². The molecule has 0 spiro atoms. The normalized spacial score (nSPS) is 14.6. The predicted molar refractivity (Wildman–Crippen MR) is 177 cm³/mol. The number of carboxylic acid groups (broad SMARTS) is 1. The third-order valence-electron chi connectivity index (χ3n) is 7.17. The standard InChI is InChI=1S/C33H40N4O6S2/c1-23(2)22-43-30-14-11-26(20-29(30)32(38)34-21-28-6-5-19-44-28)8-7-25-9-12-27(13-10-25)36-15-17-37(18-16-36)45(41,42)35-31(24(3)4)33(39)40/h5-6,9-14,19-20,23-24,31,35H,15-18,21-22H2,1-4H3,(H,34,38)(H,39,40). The van der Waals surface area contributed by atoms with Crippen LogP contribution in [0.2, 0.25) is 0 Å². The summed E-state index contributed by atoms with van der Waals surface area (Å²) in [5.74, 6) is 5.34. The molecule has 2 heterocycles. The predicted octanol–water partition coefficient (Wildman–Crippen LogP) is 4.18. The minimum absolute atomic E-state index is 0.222. The number of rotatable bonds is 12. The number of ether oxygens (including phenoxy) is 1. The first-order chi connectivity index (χ1) is 21.4. The van der Waals surface area contributed by atoms with Gasteiger partial charge in [0.05, 0.1) is 18.7 Å². The minimum Gasteiger partial charge on any atom is -0.492 e. The minimum atomic E-state index is -3.93. The Kier molecular flexibility index (Phi) is 11.6. The van der Waals surface area contributed by atoms with Gasteiger partial charge in [0, 0.05) is 47.9 Å². The molecule has 12 heteroatoms. The van der Waals surface area contributed by atoms with Crippen LogP contribution in [0.4, 0.5) is 5.69 Å². The number of carboxylic acids is 1. The van der Waals surface area contributed by atoms with Crippen molar-refractivity contribution in [1.82, 2.24) is 14.3 Å². The second kappa shape index (κ2) is 15.4. The summed E-state index contributed by atoms with van der Waals surface area (Å²) in [4.78, 5) is 27.7. The molecule has 45 heavy (non-hydrogen) atoms. The average Bonchev–Trinajstić information content (AvgIpc) is 3.54. The van der Waals surface area contributed by atoms with Crippen LogP contribution >= 0.6 is 11.3 Å². The monoisotopic (exact) mass is 652 g/mol. The lowest BCUT2D eigenvalue weighted by molar-refractivity contribution is -0.140. The van der Waals surface area contributed by atoms with Gasteiger partial charge in [0.1, 0.15) is 11.8 Å². The van der Waals surface area contributed by atoms with Gasteiger partial charge in [-0.2, -0.15) is 17.4 Å². The van der Waals surface area contributed by atoms with Crippen LogP contribution in [-0.4, -0.2) is 68.5 Å². The molecule has 10 nitrogen and oxygen atoms in total. The smallest absolute Gasteiger partial charge is 0.322 e. The first-order valence-electron chi connectivity index (χ1n) is 14.9. The Morgan fingerprint density at radius 3 is 2.24 bits per heavy atom. The maximum atomic E-state index is 13.1. The van der Waals surface area contributed by atoms with E-state index < -0.39 is 22.2 Å². The Morgan fingerprint density at radius 2 is 1.64 bits per heavy atom. The summed E-state index contributed by atoms with van der Waals surface area (Å²) in [6.45, 7) is 9.77. The van der Waals surface area contributed by atoms with Crippen LogP contribution in [0, 0.1) is 23.7 Å². The molecule has 0 bridgehead atoms. The molecule has 1 fully saturated rings. The van der Waals surface area contributed by atoms with Gasteiger partial charge in [-0.25, -0.2) is 0 Å². The van der Waals surface area contributed by atoms with Crippen LogP contribution in [0.25, 0.3) is 0 Å². The summed E-state index contributed by atoms with van der Waals surface area (Å²) in [5.41, 5.74) is 2.85. The fourth-order valence-corrected chi connectivity index (χ4v) is 6.77. The number of anilines is 1. The van der Waals surface area contributed by atoms with E-state index in [1.54, 1.807) is 37.3 Å². The number of hydrogen-bond donors (Lipinski definition) is 3. The molecule has 1 saturated heterocycles. The van der Waals surface area contributed by atoms with Crippen LogP contribution in [0.1, 0.15) is 54.1 Å². The molecule has 240 valence electrons. The summed E-state index contributed by atoms with van der Waals surface area (Å²) in [6.07, 6.45) is 0. The molecular weight excluding hydrogens is 613 g/mol. The molecule has 0 aliphatic carbocycles. The quantitative estimate of drug-likeness (QED) is 0.251. The Hall–Kier alpha value is -3.89. The maximum absolute atomic E-state index is 13.1. The molecule has 3 N–H and O–H groups in total. The van der Waals surface area contributed by atoms with E-state index in [1.165, 1.54) is 4.31 Å². The molecule has 2 aromatic carbocycles. The Labute approximate surface area is 269 Å². The zero-order chi connectivity index (χ0) is 32.6. The van der Waals surface area contributed by atoms with E-state index >= 15 is 0 Å². The van der Waals surface area contributed by atoms with Gasteiger partial charge < -0.3 is 20.1 Å². The van der Waals surface area contributed by atoms with Gasteiger partial charge in [-0.05, 0) is 65.7 Å². The highest BCUT2D eigenvalue weighted by Crippen LogP contribution is 2.22. The number of amides is 1. The van der Waals surface area contributed by atoms with Crippen molar-refractivity contribution in [1.29, 1.82) is 0 Å². The van der Waals surface area contributed by atoms with Gasteiger partial charge >= 0.3 is 5.97 Å². The van der Waals surface area contributed by atoms with Crippen LogP contribution in [0.5, 0.6) is 5.75 Å². The second-order valence-electron chi connectivity index (χ2n) is 11.5. The van der Waals surface area contributed by atoms with Crippen LogP contribution in [0.3, 0.4) is 0 Å². The third kappa shape index (κ3) is 9.55. The number of nitrogens with one attached hydrogen (secondary N) is 2. The van der Waals surface area contributed by atoms with Crippen molar-refractivity contribution in [3.8, 4) is 17.6 Å². The third-order valence-corrected chi connectivity index (χ3v) is 9.64. The highest BCUT2D eigenvalue weighted by atomic mass is 32.2. The van der Waals surface area contributed by atoms with Crippen molar-refractivity contribution in [2.24, 2.45) is 11.8 Å². The highest BCUT2D eigenvalue weighted by molar-refractivity contribution is 7.87. The van der Waals surface area contributed by atoms with Crippen molar-refractivity contribution in [3.05, 3.63) is 81.5 Å². The van der Waals surface area contributed by atoms with Gasteiger partial charge in [-0.3, -0.25) is 9.59 Å². The Balaban J connectivity index is 1.40. The number of carbonyl (C=O) groups excluding carboxylic acids is 1. The van der Waals surface area contributed by atoms with Crippen molar-refractivity contribution < 1.29 is 27.9 Å². The topological polar surface area (TPSA) is 128 Å². The molecule has 1 aliphatic heterocycles. The molecule has 1 aromatic heterocycles. The molecule has 1 atom stereocenters. The van der Waals surface area contributed by atoms with Crippen molar-refractivity contribution in [3.63, 3.8) is 0 Å². The summed E-state index contributed by atoms with van der Waals surface area (Å²) in [5, 5.41) is 14.3. The molecule has 3 aromatic rings. The fraction of sp³-hybridized carbons (Fsp3) is 0.394. The maximum Gasteiger partial charge on any atom is 0.322 e. The van der Waals surface area contributed by atoms with Gasteiger partial charge in [0.2, 0.25) is 0 Å². The summed E-state index contributed by atoms with van der Waals surface area (Å²) in [6, 6.07) is 15.8. The first-order valence-corrected chi connectivity index (χ1v) is 17.2. The lowest BCUT2D eigenvalue weighted by atomic mass is 10.1. The molecule has 0 saturated carbocycles. The molecular formula is C33H40N4O6S2. The molecule has 1 aliphatic rings. The average molecular weight is 653 g/mol. The number of benzene rings is 2. The highest BCUT2D eigenvalue weighted by Gasteiger charge is 2.33. The van der Waals surface area contributed by atoms with Crippen molar-refractivity contribution >= 4 is 39.1 Å². The second-order valence-corrected chi connectivity index (χ2v) is 14.3. The van der Waals surface area contributed by atoms with Crippen LogP contribution in [0.15, 0.2) is 60.0 Å². The zero-order valence-corrected chi connectivity index (χ0v) is 27.6. The zero-order valence-electron chi connectivity index (χ0n) is 25.9. The van der Waals surface area contributed by atoms with E-state index in [0.717, 1.165) is 16.1 Å². The van der Waals surface area contributed by atoms with Crippen LogP contribution < -0.4 is 19.7 Å². The number of piperazine rings is 1. The molecule has 4 rings (SSSR count). The number of nitrogens with zero attached hydrogens (tertiary/aromatic N) is 2. The molecule has 1 amide bonds. The number of thiophene rings is 1. The van der Waals surface area contributed by atoms with E-state index in [2.05, 4.69) is 40.6 Å². The lowest BCUT2D eigenvalue weighted by Crippen LogP contribution is -2.55. The number of carbonyl (C=O) groups is 2. The van der Waals surface area contributed by atoms with Gasteiger partial charge in [0.25, 0.3) is 16.1 Å². The Bertz CT molecular complexity index is 1620. The lowest BCUT2D eigenvalue weighted by Gasteiger charge is -2.36. The first kappa shape index (κ1) is 34.0. The van der Waals surface area contributed by atoms with Crippen molar-refractivity contribution in [2.75, 3.05) is 37.7 Å². The fourth-order valence-electron chi connectivity index (χ4n) is 4.64. The van der Waals surface area contributed by atoms with Gasteiger partial charge in [-0.15, -0.1) is 11.3 Å². The van der Waals surface area contributed by atoms with Gasteiger partial charge in [0.15, 0.2) is 0 Å². The van der Waals surface area contributed by atoms with E-state index in [1.807, 2.05) is 47.8 Å². The van der Waals surface area contributed by atoms with E-state index in [4.69, 9.17) is 4.74 Å². The van der Waals surface area contributed by atoms with Crippen molar-refractivity contribution in [2.45, 2.75) is 40.3 Å². The summed E-state index contributed by atoms with van der Waals surface area (Å²) < 4.78 is 35.1. The van der Waals surface area contributed by atoms with Gasteiger partial charge in [-0.1, -0.05) is 45.6 Å². The van der Waals surface area contributed by atoms with E-state index in [0.29, 0.717) is 49.0 Å². The largest absolute Gasteiger partial charge is 0.492 e. The Morgan fingerprint density at radius 1 is 0.978 bits per heavy atom. The molecule has 0 radical (unpaired) electrons. The molecule has 1 unspecified atom stereocenters. The van der Waals surface area contributed by atoms with Crippen LogP contribution in [-0.2, 0) is 21.5 Å². The summed E-state index contributed by atoms with van der Waals surface area (Å²) >= 11 is 1.58. The number of aliphatic carboxylic acids is 1.